The van der Waals surface area contributed by atoms with Crippen LogP contribution >= 0.6 is 11.6 Å². The Morgan fingerprint density at radius 1 is 0.909 bits per heavy atom. The molecule has 0 radical (unpaired) electrons. The lowest BCUT2D eigenvalue weighted by Gasteiger charge is -1.92. The Hall–Kier alpha value is -2.49. The molecule has 9 nitrogen and oxygen atoms in total. The quantitative estimate of drug-likeness (QED) is 0.763. The summed E-state index contributed by atoms with van der Waals surface area (Å²) in [6, 6.07) is 0. The van der Waals surface area contributed by atoms with Gasteiger partial charge in [0.05, 0.1) is 24.8 Å². The van der Waals surface area contributed by atoms with Gasteiger partial charge in [0.2, 0.25) is 0 Å². The number of carbonyl (C=O) groups excluding carboxylic acids is 2. The number of anilines is 1. The predicted molar refractivity (Wildman–Crippen MR) is 82.1 cm³/mol. The summed E-state index contributed by atoms with van der Waals surface area (Å²) in [5.41, 5.74) is 5.92. The molecule has 2 aromatic heterocycles. The molecule has 0 bridgehead atoms. The number of ketones is 2. The first-order valence-corrected chi connectivity index (χ1v) is 5.85. The number of hydrogen-bond donors (Lipinski definition) is 2. The van der Waals surface area contributed by atoms with Crippen molar-refractivity contribution in [2.45, 2.75) is 13.8 Å². The SMILES string of the molecule is CC(=O)c1cnc(Cl)cn1.CC(=O)c1cnc(N)cn1.N.O. The maximum atomic E-state index is 10.6. The second kappa shape index (κ2) is 10.3. The van der Waals surface area contributed by atoms with E-state index in [-0.39, 0.29) is 23.2 Å². The van der Waals surface area contributed by atoms with E-state index in [1.54, 1.807) is 0 Å². The van der Waals surface area contributed by atoms with Crippen LogP contribution in [0.25, 0.3) is 0 Å². The third kappa shape index (κ3) is 7.33. The molecular weight excluding hydrogens is 312 g/mol. The van der Waals surface area contributed by atoms with Gasteiger partial charge < -0.3 is 17.4 Å². The highest BCUT2D eigenvalue weighted by Gasteiger charge is 1.99. The second-order valence-electron chi connectivity index (χ2n) is 3.66. The normalized spacial score (nSPS) is 8.50. The molecule has 0 aliphatic rings. The highest BCUT2D eigenvalue weighted by molar-refractivity contribution is 6.29. The molecule has 0 aromatic carbocycles. The van der Waals surface area contributed by atoms with Crippen molar-refractivity contribution in [3.8, 4) is 0 Å². The van der Waals surface area contributed by atoms with Gasteiger partial charge in [-0.15, -0.1) is 0 Å². The minimum atomic E-state index is -0.107. The summed E-state index contributed by atoms with van der Waals surface area (Å²) in [6.45, 7) is 2.86. The third-order valence-electron chi connectivity index (χ3n) is 2.01. The van der Waals surface area contributed by atoms with Crippen LogP contribution in [0.5, 0.6) is 0 Å². The average molecular weight is 329 g/mol. The van der Waals surface area contributed by atoms with Gasteiger partial charge in [0, 0.05) is 13.8 Å². The first-order valence-electron chi connectivity index (χ1n) is 5.47. The van der Waals surface area contributed by atoms with E-state index in [0.717, 1.165) is 0 Å². The van der Waals surface area contributed by atoms with Crippen LogP contribution in [0, 0.1) is 0 Å². The Morgan fingerprint density at radius 3 is 1.68 bits per heavy atom. The molecule has 2 heterocycles. The Balaban J connectivity index is 0. The van der Waals surface area contributed by atoms with Crippen LogP contribution in [0.15, 0.2) is 24.8 Å². The maximum Gasteiger partial charge on any atom is 0.179 e. The molecular formula is C12H17ClN6O3. The van der Waals surface area contributed by atoms with E-state index in [4.69, 9.17) is 17.3 Å². The molecule has 120 valence electrons. The van der Waals surface area contributed by atoms with Crippen LogP contribution in [0.4, 0.5) is 5.82 Å². The first kappa shape index (κ1) is 21.8. The van der Waals surface area contributed by atoms with Crippen molar-refractivity contribution in [2.75, 3.05) is 5.73 Å². The average Bonchev–Trinajstić information content (AvgIpc) is 2.40. The molecule has 0 amide bonds. The molecule has 2 rings (SSSR count). The molecule has 0 saturated carbocycles. The van der Waals surface area contributed by atoms with Crippen LogP contribution in [-0.4, -0.2) is 37.0 Å². The van der Waals surface area contributed by atoms with Gasteiger partial charge >= 0.3 is 0 Å². The number of hydrogen-bond acceptors (Lipinski definition) is 8. The summed E-state index contributed by atoms with van der Waals surface area (Å²) in [5.74, 6) is 0.113. The second-order valence-corrected chi connectivity index (χ2v) is 4.05. The number of nitrogen functional groups attached to an aromatic ring is 1. The van der Waals surface area contributed by atoms with E-state index in [9.17, 15) is 9.59 Å². The molecule has 0 saturated heterocycles. The minimum Gasteiger partial charge on any atom is -0.412 e. The molecule has 2 aromatic rings. The zero-order valence-corrected chi connectivity index (χ0v) is 12.8. The Bertz CT molecular complexity index is 548. The lowest BCUT2D eigenvalue weighted by Crippen LogP contribution is -1.99. The summed E-state index contributed by atoms with van der Waals surface area (Å²) in [5, 5.41) is 0.296. The number of aromatic nitrogens is 4. The molecule has 0 spiro atoms. The third-order valence-corrected chi connectivity index (χ3v) is 2.21. The molecule has 0 aliphatic heterocycles. The van der Waals surface area contributed by atoms with E-state index in [1.807, 2.05) is 0 Å². The van der Waals surface area contributed by atoms with Gasteiger partial charge in [-0.1, -0.05) is 11.6 Å². The van der Waals surface area contributed by atoms with Gasteiger partial charge in [0.25, 0.3) is 0 Å². The first-order chi connectivity index (χ1) is 9.40. The monoisotopic (exact) mass is 328 g/mol. The number of rotatable bonds is 2. The fourth-order valence-electron chi connectivity index (χ4n) is 1.01. The number of carbonyl (C=O) groups is 2. The largest absolute Gasteiger partial charge is 0.412 e. The predicted octanol–water partition coefficient (Wildman–Crippen LogP) is 0.931. The Morgan fingerprint density at radius 2 is 1.36 bits per heavy atom. The maximum absolute atomic E-state index is 10.6. The van der Waals surface area contributed by atoms with Crippen LogP contribution in [0.3, 0.4) is 0 Å². The van der Waals surface area contributed by atoms with Gasteiger partial charge in [0.15, 0.2) is 11.6 Å². The van der Waals surface area contributed by atoms with Crippen LogP contribution in [-0.2, 0) is 0 Å². The summed E-state index contributed by atoms with van der Waals surface area (Å²) >= 11 is 5.43. The van der Waals surface area contributed by atoms with Crippen molar-refractivity contribution in [3.63, 3.8) is 0 Å². The summed E-state index contributed by atoms with van der Waals surface area (Å²) in [7, 11) is 0. The molecule has 22 heavy (non-hydrogen) atoms. The highest BCUT2D eigenvalue weighted by Crippen LogP contribution is 2.01. The standard InChI is InChI=1S/C6H5ClN2O.C6H7N3O.H3N.H2O/c2*1-4(10)5-2-9-6(7)3-8-5;;/h2-3H,1H3;2-3H,1H3,(H2,7,9);1H3;1H2. The van der Waals surface area contributed by atoms with Crippen molar-refractivity contribution < 1.29 is 15.1 Å². The van der Waals surface area contributed by atoms with Gasteiger partial charge in [-0.2, -0.15) is 0 Å². The number of Topliss-reactive ketones (excluding diaryl/α,β-unsaturated/α-hetero) is 2. The molecule has 0 aliphatic carbocycles. The van der Waals surface area contributed by atoms with Gasteiger partial charge in [-0.25, -0.2) is 19.9 Å². The highest BCUT2D eigenvalue weighted by atomic mass is 35.5. The van der Waals surface area contributed by atoms with E-state index >= 15 is 0 Å². The number of nitrogens with zero attached hydrogens (tertiary/aromatic N) is 4. The molecule has 7 N–H and O–H groups in total. The van der Waals surface area contributed by atoms with E-state index in [2.05, 4.69) is 19.9 Å². The topological polar surface area (TPSA) is 178 Å². The molecule has 0 unspecified atom stereocenters. The van der Waals surface area contributed by atoms with Gasteiger partial charge in [-0.05, 0) is 0 Å². The fourth-order valence-corrected chi connectivity index (χ4v) is 1.11. The number of halogens is 1. The van der Waals surface area contributed by atoms with Crippen molar-refractivity contribution in [1.29, 1.82) is 0 Å². The Labute approximate surface area is 131 Å². The fraction of sp³-hybridized carbons (Fsp3) is 0.167. The minimum absolute atomic E-state index is 0. The van der Waals surface area contributed by atoms with Crippen molar-refractivity contribution in [2.24, 2.45) is 0 Å². The van der Waals surface area contributed by atoms with E-state index in [0.29, 0.717) is 22.4 Å². The molecule has 0 fully saturated rings. The summed E-state index contributed by atoms with van der Waals surface area (Å²) in [4.78, 5) is 36.1. The molecule has 0 atom stereocenters. The lowest BCUT2D eigenvalue weighted by atomic mass is 10.3. The van der Waals surface area contributed by atoms with E-state index in [1.165, 1.54) is 38.6 Å². The van der Waals surface area contributed by atoms with Gasteiger partial charge in [0.1, 0.15) is 22.4 Å². The summed E-state index contributed by atoms with van der Waals surface area (Å²) < 4.78 is 0. The summed E-state index contributed by atoms with van der Waals surface area (Å²) in [6.07, 6.45) is 5.41. The van der Waals surface area contributed by atoms with E-state index < -0.39 is 0 Å². The van der Waals surface area contributed by atoms with Gasteiger partial charge in [-0.3, -0.25) is 9.59 Å². The number of nitrogens with two attached hydrogens (primary N) is 1. The zero-order chi connectivity index (χ0) is 15.1. The molecule has 10 heteroatoms. The zero-order valence-electron chi connectivity index (χ0n) is 12.1. The van der Waals surface area contributed by atoms with Crippen LogP contribution in [0.1, 0.15) is 34.8 Å². The van der Waals surface area contributed by atoms with Crippen LogP contribution in [0.2, 0.25) is 5.15 Å². The van der Waals surface area contributed by atoms with Crippen molar-refractivity contribution in [1.82, 2.24) is 26.1 Å². The Kier molecular flexibility index (Phi) is 10.2. The van der Waals surface area contributed by atoms with Crippen molar-refractivity contribution in [3.05, 3.63) is 41.3 Å². The van der Waals surface area contributed by atoms with Crippen molar-refractivity contribution >= 4 is 29.0 Å². The smallest absolute Gasteiger partial charge is 0.179 e. The van der Waals surface area contributed by atoms with Crippen LogP contribution < -0.4 is 11.9 Å². The lowest BCUT2D eigenvalue weighted by molar-refractivity contribution is 0.1000.